The molecule has 108 valence electrons. The van der Waals surface area contributed by atoms with Crippen molar-refractivity contribution in [2.75, 3.05) is 16.4 Å². The van der Waals surface area contributed by atoms with Crippen LogP contribution in [0.5, 0.6) is 0 Å². The van der Waals surface area contributed by atoms with Gasteiger partial charge in [-0.25, -0.2) is 0 Å². The predicted octanol–water partition coefficient (Wildman–Crippen LogP) is 1.01. The molecule has 1 aromatic heterocycles. The Morgan fingerprint density at radius 2 is 2.29 bits per heavy atom. The number of carbonyl (C=O) groups excluding carboxylic acids is 1. The number of rotatable bonds is 4. The number of aromatic amines is 1. The van der Waals surface area contributed by atoms with Crippen molar-refractivity contribution in [2.24, 2.45) is 0 Å². The van der Waals surface area contributed by atoms with E-state index in [1.54, 1.807) is 12.3 Å². The van der Waals surface area contributed by atoms with Gasteiger partial charge < -0.3 is 16.4 Å². The Kier molecular flexibility index (Phi) is 2.94. The third-order valence-corrected chi connectivity index (χ3v) is 3.26. The van der Waals surface area contributed by atoms with E-state index in [4.69, 9.17) is 5.73 Å². The number of nitrogens with one attached hydrogen (secondary N) is 3. The second-order valence-electron chi connectivity index (χ2n) is 4.67. The first-order valence-corrected chi connectivity index (χ1v) is 6.17. The molecular weight excluding hydrogens is 276 g/mol. The van der Waals surface area contributed by atoms with Gasteiger partial charge in [0.15, 0.2) is 0 Å². The Morgan fingerprint density at radius 3 is 2.95 bits per heavy atom. The molecule has 0 unspecified atom stereocenters. The summed E-state index contributed by atoms with van der Waals surface area (Å²) < 4.78 is 0. The van der Waals surface area contributed by atoms with Gasteiger partial charge in [-0.05, 0) is 11.6 Å². The number of nitrogen functional groups attached to an aromatic ring is 1. The second kappa shape index (κ2) is 4.78. The second-order valence-corrected chi connectivity index (χ2v) is 4.67. The summed E-state index contributed by atoms with van der Waals surface area (Å²) in [6, 6.07) is 2.98. The number of hydrogen-bond donors (Lipinski definition) is 4. The SMILES string of the molecule is Nc1[nH]ncc1CNc1cc2c(cc1[N+](=O)[O-])CC(=O)N2. The van der Waals surface area contributed by atoms with Gasteiger partial charge in [0, 0.05) is 23.9 Å². The summed E-state index contributed by atoms with van der Waals surface area (Å²) in [7, 11) is 0. The van der Waals surface area contributed by atoms with Gasteiger partial charge in [-0.1, -0.05) is 0 Å². The van der Waals surface area contributed by atoms with E-state index in [0.29, 0.717) is 28.3 Å². The molecule has 1 amide bonds. The van der Waals surface area contributed by atoms with Gasteiger partial charge in [-0.3, -0.25) is 20.0 Å². The smallest absolute Gasteiger partial charge is 0.292 e. The third-order valence-electron chi connectivity index (χ3n) is 3.26. The zero-order valence-corrected chi connectivity index (χ0v) is 10.8. The molecule has 1 aliphatic rings. The molecule has 1 aliphatic heterocycles. The Hall–Kier alpha value is -3.10. The fraction of sp³-hybridized carbons (Fsp3) is 0.167. The monoisotopic (exact) mass is 288 g/mol. The van der Waals surface area contributed by atoms with Crippen LogP contribution in [0.15, 0.2) is 18.3 Å². The van der Waals surface area contributed by atoms with Gasteiger partial charge in [0.25, 0.3) is 5.69 Å². The molecule has 9 nitrogen and oxygen atoms in total. The van der Waals surface area contributed by atoms with Crippen molar-refractivity contribution in [1.29, 1.82) is 0 Å². The van der Waals surface area contributed by atoms with E-state index in [1.807, 2.05) is 0 Å². The van der Waals surface area contributed by atoms with Gasteiger partial charge >= 0.3 is 0 Å². The lowest BCUT2D eigenvalue weighted by molar-refractivity contribution is -0.384. The standard InChI is InChI=1S/C12H12N6O3/c13-12-7(5-15-17-12)4-14-9-3-8-6(2-11(19)16-8)1-10(9)18(20)21/h1,3,5,14H,2,4H2,(H,16,19)(H3,13,15,17). The lowest BCUT2D eigenvalue weighted by atomic mass is 10.1. The molecule has 0 bridgehead atoms. The maximum Gasteiger partial charge on any atom is 0.292 e. The normalized spacial score (nSPS) is 12.9. The van der Waals surface area contributed by atoms with E-state index in [0.717, 1.165) is 0 Å². The van der Waals surface area contributed by atoms with Crippen LogP contribution in [0.1, 0.15) is 11.1 Å². The van der Waals surface area contributed by atoms with Gasteiger partial charge in [0.05, 0.1) is 17.5 Å². The minimum atomic E-state index is -0.482. The van der Waals surface area contributed by atoms with Crippen molar-refractivity contribution in [3.63, 3.8) is 0 Å². The topological polar surface area (TPSA) is 139 Å². The van der Waals surface area contributed by atoms with Crippen LogP contribution >= 0.6 is 0 Å². The highest BCUT2D eigenvalue weighted by Gasteiger charge is 2.24. The lowest BCUT2D eigenvalue weighted by Gasteiger charge is -2.08. The molecule has 3 rings (SSSR count). The van der Waals surface area contributed by atoms with Crippen molar-refractivity contribution >= 4 is 28.8 Å². The Balaban J connectivity index is 1.90. The maximum atomic E-state index is 11.4. The Labute approximate surface area is 118 Å². The van der Waals surface area contributed by atoms with Crippen LogP contribution < -0.4 is 16.4 Å². The Bertz CT molecular complexity index is 739. The number of nitro groups is 1. The van der Waals surface area contributed by atoms with Crippen molar-refractivity contribution < 1.29 is 9.72 Å². The van der Waals surface area contributed by atoms with E-state index in [9.17, 15) is 14.9 Å². The number of fused-ring (bicyclic) bond motifs is 1. The number of carbonyl (C=O) groups is 1. The number of anilines is 3. The van der Waals surface area contributed by atoms with Gasteiger partial charge in [-0.2, -0.15) is 5.10 Å². The number of nitro benzene ring substituents is 1. The minimum absolute atomic E-state index is 0.0766. The average Bonchev–Trinajstić information content (AvgIpc) is 2.99. The molecule has 2 heterocycles. The predicted molar refractivity (Wildman–Crippen MR) is 75.8 cm³/mol. The van der Waals surface area contributed by atoms with E-state index in [-0.39, 0.29) is 24.6 Å². The molecule has 2 aromatic rings. The summed E-state index contributed by atoms with van der Waals surface area (Å²) >= 11 is 0. The van der Waals surface area contributed by atoms with Crippen molar-refractivity contribution in [1.82, 2.24) is 10.2 Å². The molecule has 1 aromatic carbocycles. The zero-order chi connectivity index (χ0) is 15.0. The molecular formula is C12H12N6O3. The quantitative estimate of drug-likeness (QED) is 0.489. The van der Waals surface area contributed by atoms with Gasteiger partial charge in [0.2, 0.25) is 5.91 Å². The summed E-state index contributed by atoms with van der Waals surface area (Å²) in [4.78, 5) is 22.0. The molecule has 0 radical (unpaired) electrons. The van der Waals surface area contributed by atoms with E-state index in [1.165, 1.54) is 6.07 Å². The first-order valence-electron chi connectivity index (χ1n) is 6.17. The number of aromatic nitrogens is 2. The highest BCUT2D eigenvalue weighted by Crippen LogP contribution is 2.34. The molecule has 5 N–H and O–H groups in total. The summed E-state index contributed by atoms with van der Waals surface area (Å²) in [6.45, 7) is 0.288. The molecule has 0 saturated carbocycles. The van der Waals surface area contributed by atoms with Crippen LogP contribution in [0.4, 0.5) is 22.9 Å². The molecule has 0 aliphatic carbocycles. The fourth-order valence-electron chi connectivity index (χ4n) is 2.21. The maximum absolute atomic E-state index is 11.4. The molecule has 0 spiro atoms. The van der Waals surface area contributed by atoms with Crippen LogP contribution in [-0.2, 0) is 17.8 Å². The van der Waals surface area contributed by atoms with Crippen LogP contribution in [0, 0.1) is 10.1 Å². The number of H-pyrrole nitrogens is 1. The van der Waals surface area contributed by atoms with Crippen molar-refractivity contribution in [3.05, 3.63) is 39.6 Å². The molecule has 21 heavy (non-hydrogen) atoms. The zero-order valence-electron chi connectivity index (χ0n) is 10.8. The minimum Gasteiger partial charge on any atom is -0.384 e. The highest BCUT2D eigenvalue weighted by molar-refractivity contribution is 6.00. The first-order chi connectivity index (χ1) is 10.0. The van der Waals surface area contributed by atoms with E-state index < -0.39 is 4.92 Å². The molecule has 0 atom stereocenters. The molecule has 0 fully saturated rings. The first kappa shape index (κ1) is 12.9. The van der Waals surface area contributed by atoms with Crippen LogP contribution in [-0.4, -0.2) is 21.0 Å². The number of amides is 1. The van der Waals surface area contributed by atoms with E-state index in [2.05, 4.69) is 20.8 Å². The highest BCUT2D eigenvalue weighted by atomic mass is 16.6. The third kappa shape index (κ3) is 2.36. The van der Waals surface area contributed by atoms with E-state index >= 15 is 0 Å². The van der Waals surface area contributed by atoms with Crippen molar-refractivity contribution in [3.8, 4) is 0 Å². The summed E-state index contributed by atoms with van der Waals surface area (Å²) in [5.74, 6) is 0.232. The average molecular weight is 288 g/mol. The van der Waals surface area contributed by atoms with Gasteiger partial charge in [-0.15, -0.1) is 0 Å². The molecule has 0 saturated heterocycles. The fourth-order valence-corrected chi connectivity index (χ4v) is 2.21. The largest absolute Gasteiger partial charge is 0.384 e. The summed E-state index contributed by atoms with van der Waals surface area (Å²) in [5.41, 5.74) is 7.83. The van der Waals surface area contributed by atoms with Crippen molar-refractivity contribution in [2.45, 2.75) is 13.0 Å². The van der Waals surface area contributed by atoms with Crippen LogP contribution in [0.3, 0.4) is 0 Å². The van der Waals surface area contributed by atoms with Crippen LogP contribution in [0.25, 0.3) is 0 Å². The summed E-state index contributed by atoms with van der Waals surface area (Å²) in [5, 5.41) is 23.1. The van der Waals surface area contributed by atoms with Gasteiger partial charge in [0.1, 0.15) is 11.5 Å². The van der Waals surface area contributed by atoms with Crippen LogP contribution in [0.2, 0.25) is 0 Å². The number of hydrogen-bond acceptors (Lipinski definition) is 6. The number of nitrogens with two attached hydrogens (primary N) is 1. The Morgan fingerprint density at radius 1 is 1.48 bits per heavy atom. The summed E-state index contributed by atoms with van der Waals surface area (Å²) in [6.07, 6.45) is 1.70. The number of benzene rings is 1. The molecule has 9 heteroatoms. The lowest BCUT2D eigenvalue weighted by Crippen LogP contribution is -2.05. The number of nitrogens with zero attached hydrogens (tertiary/aromatic N) is 2.